The summed E-state index contributed by atoms with van der Waals surface area (Å²) in [5, 5.41) is 10.5. The van der Waals surface area contributed by atoms with Crippen LogP contribution in [0.25, 0.3) is 22.0 Å². The molecule has 41 heavy (non-hydrogen) atoms. The molecule has 0 unspecified atom stereocenters. The standard InChI is InChI=1S/C32H34N2O6S/c1-20-16-22(7-10-25(20)26-11-13-29(39-5)31-27(26)9-6-21(2)33-31)18-34(19-30(35)36)41(37,38)24-8-12-28-23(17-24)14-15-32(3,4)40-28/h6-13,16-17H,14-15,18-19H2,1-5H3,(H,35,36). The lowest BCUT2D eigenvalue weighted by Gasteiger charge is -2.33. The zero-order chi connectivity index (χ0) is 29.5. The summed E-state index contributed by atoms with van der Waals surface area (Å²) in [7, 11) is -2.48. The first-order valence-electron chi connectivity index (χ1n) is 13.5. The second kappa shape index (κ2) is 10.8. The molecule has 1 aromatic heterocycles. The zero-order valence-electron chi connectivity index (χ0n) is 23.9. The van der Waals surface area contributed by atoms with Crippen molar-refractivity contribution in [1.82, 2.24) is 9.29 Å². The number of carbonyl (C=O) groups is 1. The van der Waals surface area contributed by atoms with Crippen LogP contribution in [0.1, 0.15) is 42.7 Å². The molecule has 5 rings (SSSR count). The van der Waals surface area contributed by atoms with E-state index >= 15 is 0 Å². The molecule has 0 amide bonds. The molecule has 8 nitrogen and oxygen atoms in total. The molecule has 0 spiro atoms. The highest BCUT2D eigenvalue weighted by atomic mass is 32.2. The van der Waals surface area contributed by atoms with E-state index in [9.17, 15) is 18.3 Å². The maximum atomic E-state index is 13.7. The number of methoxy groups -OCH3 is 1. The van der Waals surface area contributed by atoms with Gasteiger partial charge in [0, 0.05) is 17.6 Å². The molecule has 3 aromatic carbocycles. The van der Waals surface area contributed by atoms with E-state index in [1.807, 2.05) is 70.2 Å². The summed E-state index contributed by atoms with van der Waals surface area (Å²) in [5.74, 6) is 0.124. The smallest absolute Gasteiger partial charge is 0.318 e. The maximum absolute atomic E-state index is 13.7. The topological polar surface area (TPSA) is 106 Å². The maximum Gasteiger partial charge on any atom is 0.318 e. The van der Waals surface area contributed by atoms with Gasteiger partial charge in [0.2, 0.25) is 10.0 Å². The Balaban J connectivity index is 1.47. The van der Waals surface area contributed by atoms with E-state index in [0.717, 1.165) is 49.6 Å². The van der Waals surface area contributed by atoms with E-state index in [-0.39, 0.29) is 17.0 Å². The van der Waals surface area contributed by atoms with E-state index in [0.29, 0.717) is 23.5 Å². The SMILES string of the molecule is COc1ccc(-c2ccc(CN(CC(=O)O)S(=O)(=O)c3ccc4c(c3)CCC(C)(C)O4)cc2C)c2ccc(C)nc12. The molecular formula is C32H34N2O6S. The molecule has 0 saturated carbocycles. The van der Waals surface area contributed by atoms with Crippen LogP contribution in [0.3, 0.4) is 0 Å². The van der Waals surface area contributed by atoms with Gasteiger partial charge < -0.3 is 14.6 Å². The number of carboxylic acid groups (broad SMARTS) is 1. The molecule has 0 radical (unpaired) electrons. The Hall–Kier alpha value is -3.95. The van der Waals surface area contributed by atoms with E-state index in [1.54, 1.807) is 19.2 Å². The molecule has 0 fully saturated rings. The molecule has 4 aromatic rings. The van der Waals surface area contributed by atoms with Crippen LogP contribution in [0.15, 0.2) is 65.6 Å². The lowest BCUT2D eigenvalue weighted by atomic mass is 9.94. The molecule has 1 N–H and O–H groups in total. The van der Waals surface area contributed by atoms with Gasteiger partial charge in [0.25, 0.3) is 0 Å². The monoisotopic (exact) mass is 574 g/mol. The number of benzene rings is 3. The lowest BCUT2D eigenvalue weighted by Crippen LogP contribution is -2.36. The van der Waals surface area contributed by atoms with Crippen LogP contribution >= 0.6 is 0 Å². The summed E-state index contributed by atoms with van der Waals surface area (Å²) in [5.41, 5.74) is 5.70. The van der Waals surface area contributed by atoms with Crippen molar-refractivity contribution in [3.63, 3.8) is 0 Å². The molecule has 0 saturated heterocycles. The number of sulfonamides is 1. The molecule has 0 bridgehead atoms. The van der Waals surface area contributed by atoms with Crippen molar-refractivity contribution in [2.45, 2.75) is 57.6 Å². The van der Waals surface area contributed by atoms with Gasteiger partial charge in [-0.25, -0.2) is 13.4 Å². The van der Waals surface area contributed by atoms with E-state index in [4.69, 9.17) is 9.47 Å². The van der Waals surface area contributed by atoms with E-state index in [2.05, 4.69) is 4.98 Å². The highest BCUT2D eigenvalue weighted by Crippen LogP contribution is 2.37. The first-order chi connectivity index (χ1) is 19.4. The van der Waals surface area contributed by atoms with Crippen LogP contribution in [0.2, 0.25) is 0 Å². The van der Waals surface area contributed by atoms with Crippen LogP contribution in [0.4, 0.5) is 0 Å². The lowest BCUT2D eigenvalue weighted by molar-refractivity contribution is -0.137. The van der Waals surface area contributed by atoms with Crippen LogP contribution in [-0.4, -0.2) is 48.0 Å². The Bertz CT molecular complexity index is 1760. The van der Waals surface area contributed by atoms with Crippen molar-refractivity contribution in [2.24, 2.45) is 0 Å². The van der Waals surface area contributed by atoms with Crippen molar-refractivity contribution in [3.8, 4) is 22.6 Å². The fraction of sp³-hybridized carbons (Fsp3) is 0.312. The summed E-state index contributed by atoms with van der Waals surface area (Å²) >= 11 is 0. The number of rotatable bonds is 8. The van der Waals surface area contributed by atoms with Gasteiger partial charge in [-0.15, -0.1) is 0 Å². The van der Waals surface area contributed by atoms with Gasteiger partial charge in [0.15, 0.2) is 0 Å². The second-order valence-corrected chi connectivity index (χ2v) is 13.0. The summed E-state index contributed by atoms with van der Waals surface area (Å²) in [6.45, 7) is 7.14. The predicted octanol–water partition coefficient (Wildman–Crippen LogP) is 5.91. The minimum Gasteiger partial charge on any atom is -0.494 e. The van der Waals surface area contributed by atoms with Gasteiger partial charge >= 0.3 is 5.97 Å². The number of pyridine rings is 1. The van der Waals surface area contributed by atoms with E-state index < -0.39 is 22.5 Å². The molecule has 0 atom stereocenters. The van der Waals surface area contributed by atoms with Gasteiger partial charge in [-0.1, -0.05) is 24.3 Å². The molecule has 9 heteroatoms. The first-order valence-corrected chi connectivity index (χ1v) is 14.9. The third kappa shape index (κ3) is 5.78. The first kappa shape index (κ1) is 28.6. The molecule has 2 heterocycles. The fourth-order valence-corrected chi connectivity index (χ4v) is 6.77. The number of ether oxygens (including phenoxy) is 2. The minimum atomic E-state index is -4.10. The summed E-state index contributed by atoms with van der Waals surface area (Å²) < 4.78 is 39.9. The second-order valence-electron chi connectivity index (χ2n) is 11.1. The molecule has 1 aliphatic heterocycles. The van der Waals surface area contributed by atoms with Gasteiger partial charge in [-0.2, -0.15) is 4.31 Å². The largest absolute Gasteiger partial charge is 0.494 e. The van der Waals surface area contributed by atoms with Crippen molar-refractivity contribution in [1.29, 1.82) is 0 Å². The Labute approximate surface area is 240 Å². The predicted molar refractivity (Wildman–Crippen MR) is 158 cm³/mol. The van der Waals surface area contributed by atoms with Crippen LogP contribution < -0.4 is 9.47 Å². The number of fused-ring (bicyclic) bond motifs is 2. The number of aliphatic carboxylic acids is 1. The van der Waals surface area contributed by atoms with Crippen molar-refractivity contribution in [3.05, 3.63) is 83.0 Å². The van der Waals surface area contributed by atoms with Gasteiger partial charge in [-0.3, -0.25) is 4.79 Å². The Morgan fingerprint density at radius 2 is 1.80 bits per heavy atom. The normalized spacial score (nSPS) is 14.5. The Morgan fingerprint density at radius 3 is 2.51 bits per heavy atom. The number of hydrogen-bond acceptors (Lipinski definition) is 6. The number of aromatic nitrogens is 1. The van der Waals surface area contributed by atoms with Crippen molar-refractivity contribution >= 4 is 26.9 Å². The Morgan fingerprint density at radius 1 is 1.05 bits per heavy atom. The van der Waals surface area contributed by atoms with Crippen molar-refractivity contribution < 1.29 is 27.8 Å². The molecule has 0 aliphatic carbocycles. The highest BCUT2D eigenvalue weighted by Gasteiger charge is 2.31. The summed E-state index contributed by atoms with van der Waals surface area (Å²) in [4.78, 5) is 16.5. The third-order valence-electron chi connectivity index (χ3n) is 7.48. The van der Waals surface area contributed by atoms with Crippen LogP contribution in [-0.2, 0) is 27.8 Å². The average molecular weight is 575 g/mol. The summed E-state index contributed by atoms with van der Waals surface area (Å²) in [6.07, 6.45) is 1.44. The third-order valence-corrected chi connectivity index (χ3v) is 9.27. The number of hydrogen-bond donors (Lipinski definition) is 1. The van der Waals surface area contributed by atoms with Crippen LogP contribution in [0.5, 0.6) is 11.5 Å². The van der Waals surface area contributed by atoms with Crippen molar-refractivity contribution in [2.75, 3.05) is 13.7 Å². The highest BCUT2D eigenvalue weighted by molar-refractivity contribution is 7.89. The zero-order valence-corrected chi connectivity index (χ0v) is 24.7. The molecule has 1 aliphatic rings. The van der Waals surface area contributed by atoms with Gasteiger partial charge in [-0.05, 0) is 105 Å². The number of aryl methyl sites for hydroxylation is 3. The number of nitrogens with zero attached hydrogens (tertiary/aromatic N) is 2. The summed E-state index contributed by atoms with van der Waals surface area (Å²) in [6, 6.07) is 18.3. The molecule has 214 valence electrons. The van der Waals surface area contributed by atoms with Gasteiger partial charge in [0.1, 0.15) is 29.2 Å². The van der Waals surface area contributed by atoms with Crippen LogP contribution in [0, 0.1) is 13.8 Å². The average Bonchev–Trinajstić information content (AvgIpc) is 2.91. The van der Waals surface area contributed by atoms with E-state index in [1.165, 1.54) is 6.07 Å². The minimum absolute atomic E-state index is 0.0571. The number of carboxylic acids is 1. The quantitative estimate of drug-likeness (QED) is 0.279. The molecular weight excluding hydrogens is 540 g/mol. The van der Waals surface area contributed by atoms with Gasteiger partial charge in [0.05, 0.1) is 12.0 Å². The Kier molecular flexibility index (Phi) is 7.52. The fourth-order valence-electron chi connectivity index (χ4n) is 5.34.